The molecule has 24 heavy (non-hydrogen) atoms. The van der Waals surface area contributed by atoms with Crippen LogP contribution in [-0.4, -0.2) is 38.8 Å². The number of aromatic hydroxyl groups is 1. The van der Waals surface area contributed by atoms with Crippen LogP contribution in [-0.2, 0) is 17.8 Å². The van der Waals surface area contributed by atoms with Gasteiger partial charge in [0.15, 0.2) is 0 Å². The summed E-state index contributed by atoms with van der Waals surface area (Å²) in [5.74, 6) is 0.599. The standard InChI is InChI=1S/C18H21N3O3/c1-13-2-7-17(23)21(19-13)12-18(24)20-9-8-15(11-20)10-14-3-5-16(22)6-4-14/h2-7,15,22H,8-12H2,1H3. The van der Waals surface area contributed by atoms with Gasteiger partial charge in [0.2, 0.25) is 5.91 Å². The lowest BCUT2D eigenvalue weighted by molar-refractivity contribution is -0.131. The highest BCUT2D eigenvalue weighted by Crippen LogP contribution is 2.22. The number of nitrogens with zero attached hydrogens (tertiary/aromatic N) is 3. The van der Waals surface area contributed by atoms with Crippen molar-refractivity contribution in [1.82, 2.24) is 14.7 Å². The molecule has 1 aromatic heterocycles. The Bertz CT molecular complexity index is 783. The first-order valence-corrected chi connectivity index (χ1v) is 8.12. The van der Waals surface area contributed by atoms with Crippen molar-refractivity contribution < 1.29 is 9.90 Å². The molecule has 1 atom stereocenters. The Hall–Kier alpha value is -2.63. The third-order valence-corrected chi connectivity index (χ3v) is 4.38. The predicted octanol–water partition coefficient (Wildman–Crippen LogP) is 1.35. The molecular formula is C18H21N3O3. The molecule has 1 aromatic carbocycles. The Morgan fingerprint density at radius 3 is 2.75 bits per heavy atom. The third kappa shape index (κ3) is 3.82. The second-order valence-corrected chi connectivity index (χ2v) is 6.34. The Labute approximate surface area is 140 Å². The van der Waals surface area contributed by atoms with E-state index in [9.17, 15) is 14.7 Å². The largest absolute Gasteiger partial charge is 0.508 e. The van der Waals surface area contributed by atoms with Crippen molar-refractivity contribution in [2.75, 3.05) is 13.1 Å². The van der Waals surface area contributed by atoms with E-state index in [1.807, 2.05) is 17.0 Å². The first-order chi connectivity index (χ1) is 11.5. The molecule has 0 aliphatic carbocycles. The van der Waals surface area contributed by atoms with Crippen LogP contribution in [0.15, 0.2) is 41.2 Å². The van der Waals surface area contributed by atoms with Gasteiger partial charge >= 0.3 is 0 Å². The zero-order valence-corrected chi connectivity index (χ0v) is 13.7. The number of carbonyl (C=O) groups excluding carboxylic acids is 1. The summed E-state index contributed by atoms with van der Waals surface area (Å²) >= 11 is 0. The van der Waals surface area contributed by atoms with Gasteiger partial charge in [0.1, 0.15) is 12.3 Å². The monoisotopic (exact) mass is 327 g/mol. The molecule has 0 radical (unpaired) electrons. The number of amides is 1. The Morgan fingerprint density at radius 2 is 2.00 bits per heavy atom. The van der Waals surface area contributed by atoms with Gasteiger partial charge in [0.25, 0.3) is 5.56 Å². The van der Waals surface area contributed by atoms with E-state index in [4.69, 9.17) is 0 Å². The summed E-state index contributed by atoms with van der Waals surface area (Å²) in [5.41, 5.74) is 1.62. The minimum absolute atomic E-state index is 0.00750. The summed E-state index contributed by atoms with van der Waals surface area (Å²) in [6, 6.07) is 10.3. The van der Waals surface area contributed by atoms with Crippen molar-refractivity contribution in [2.45, 2.75) is 26.3 Å². The van der Waals surface area contributed by atoms with E-state index in [-0.39, 0.29) is 23.8 Å². The van der Waals surface area contributed by atoms with Crippen molar-refractivity contribution in [3.63, 3.8) is 0 Å². The average Bonchev–Trinajstić information content (AvgIpc) is 3.02. The number of carbonyl (C=O) groups is 1. The molecule has 2 heterocycles. The van der Waals surface area contributed by atoms with E-state index in [0.29, 0.717) is 24.7 Å². The summed E-state index contributed by atoms with van der Waals surface area (Å²) in [5, 5.41) is 13.4. The molecule has 1 aliphatic rings. The SMILES string of the molecule is Cc1ccc(=O)n(CC(=O)N2CCC(Cc3ccc(O)cc3)C2)n1. The van der Waals surface area contributed by atoms with Crippen LogP contribution in [0.25, 0.3) is 0 Å². The summed E-state index contributed by atoms with van der Waals surface area (Å²) in [7, 11) is 0. The molecular weight excluding hydrogens is 306 g/mol. The van der Waals surface area contributed by atoms with Gasteiger partial charge in [-0.2, -0.15) is 5.10 Å². The van der Waals surface area contributed by atoms with Gasteiger partial charge in [-0.1, -0.05) is 12.1 Å². The Balaban J connectivity index is 1.58. The second-order valence-electron chi connectivity index (χ2n) is 6.34. The molecule has 0 bridgehead atoms. The van der Waals surface area contributed by atoms with Crippen molar-refractivity contribution in [2.24, 2.45) is 5.92 Å². The van der Waals surface area contributed by atoms with Gasteiger partial charge in [-0.25, -0.2) is 4.68 Å². The number of phenolic OH excluding ortho intramolecular Hbond substituents is 1. The summed E-state index contributed by atoms with van der Waals surface area (Å²) in [6.45, 7) is 3.19. The molecule has 1 saturated heterocycles. The van der Waals surface area contributed by atoms with Gasteiger partial charge in [-0.3, -0.25) is 9.59 Å². The Morgan fingerprint density at radius 1 is 1.25 bits per heavy atom. The first kappa shape index (κ1) is 16.2. The van der Waals surface area contributed by atoms with Crippen LogP contribution >= 0.6 is 0 Å². The number of likely N-dealkylation sites (tertiary alicyclic amines) is 1. The van der Waals surface area contributed by atoms with E-state index in [2.05, 4.69) is 5.10 Å². The zero-order valence-electron chi connectivity index (χ0n) is 13.7. The minimum Gasteiger partial charge on any atom is -0.508 e. The maximum atomic E-state index is 12.4. The smallest absolute Gasteiger partial charge is 0.267 e. The number of aryl methyl sites for hydroxylation is 1. The van der Waals surface area contributed by atoms with Crippen molar-refractivity contribution in [3.05, 3.63) is 58.0 Å². The maximum absolute atomic E-state index is 12.4. The topological polar surface area (TPSA) is 75.4 Å². The average molecular weight is 327 g/mol. The van der Waals surface area contributed by atoms with E-state index in [1.54, 1.807) is 25.1 Å². The number of hydrogen-bond donors (Lipinski definition) is 1. The Kier molecular flexibility index (Phi) is 4.64. The second kappa shape index (κ2) is 6.86. The van der Waals surface area contributed by atoms with E-state index < -0.39 is 0 Å². The van der Waals surface area contributed by atoms with Gasteiger partial charge in [-0.05, 0) is 49.4 Å². The zero-order chi connectivity index (χ0) is 17.1. The van der Waals surface area contributed by atoms with Crippen LogP contribution < -0.4 is 5.56 Å². The lowest BCUT2D eigenvalue weighted by Crippen LogP contribution is -2.36. The molecule has 2 aromatic rings. The van der Waals surface area contributed by atoms with Crippen LogP contribution in [0.2, 0.25) is 0 Å². The predicted molar refractivity (Wildman–Crippen MR) is 89.7 cm³/mol. The number of hydrogen-bond acceptors (Lipinski definition) is 4. The van der Waals surface area contributed by atoms with E-state index in [1.165, 1.54) is 10.7 Å². The van der Waals surface area contributed by atoms with Crippen molar-refractivity contribution in [1.29, 1.82) is 0 Å². The summed E-state index contributed by atoms with van der Waals surface area (Å²) in [6.07, 6.45) is 1.83. The molecule has 0 spiro atoms. The number of phenols is 1. The molecule has 0 saturated carbocycles. The molecule has 1 unspecified atom stereocenters. The molecule has 126 valence electrons. The molecule has 1 aliphatic heterocycles. The number of rotatable bonds is 4. The van der Waals surface area contributed by atoms with Crippen LogP contribution in [0.1, 0.15) is 17.7 Å². The molecule has 1 N–H and O–H groups in total. The number of aromatic nitrogens is 2. The highest BCUT2D eigenvalue weighted by Gasteiger charge is 2.26. The van der Waals surface area contributed by atoms with Crippen LogP contribution in [0.3, 0.4) is 0 Å². The van der Waals surface area contributed by atoms with Crippen LogP contribution in [0.5, 0.6) is 5.75 Å². The summed E-state index contributed by atoms with van der Waals surface area (Å²) in [4.78, 5) is 26.0. The summed E-state index contributed by atoms with van der Waals surface area (Å²) < 4.78 is 1.23. The fraction of sp³-hybridized carbons (Fsp3) is 0.389. The van der Waals surface area contributed by atoms with Crippen molar-refractivity contribution >= 4 is 5.91 Å². The van der Waals surface area contributed by atoms with Crippen LogP contribution in [0, 0.1) is 12.8 Å². The fourth-order valence-corrected chi connectivity index (χ4v) is 3.08. The normalized spacial score (nSPS) is 17.2. The lowest BCUT2D eigenvalue weighted by atomic mass is 9.99. The fourth-order valence-electron chi connectivity index (χ4n) is 3.08. The van der Waals surface area contributed by atoms with Gasteiger partial charge in [0.05, 0.1) is 5.69 Å². The quantitative estimate of drug-likeness (QED) is 0.920. The molecule has 1 amide bonds. The first-order valence-electron chi connectivity index (χ1n) is 8.12. The van der Waals surface area contributed by atoms with Gasteiger partial charge < -0.3 is 10.0 Å². The highest BCUT2D eigenvalue weighted by atomic mass is 16.3. The molecule has 6 nitrogen and oxygen atoms in total. The molecule has 6 heteroatoms. The molecule has 1 fully saturated rings. The minimum atomic E-state index is -0.256. The van der Waals surface area contributed by atoms with E-state index in [0.717, 1.165) is 18.4 Å². The number of benzene rings is 1. The molecule has 3 rings (SSSR count). The third-order valence-electron chi connectivity index (χ3n) is 4.38. The van der Waals surface area contributed by atoms with E-state index >= 15 is 0 Å². The van der Waals surface area contributed by atoms with Crippen molar-refractivity contribution in [3.8, 4) is 5.75 Å². The highest BCUT2D eigenvalue weighted by molar-refractivity contribution is 5.76. The lowest BCUT2D eigenvalue weighted by Gasteiger charge is -2.17. The maximum Gasteiger partial charge on any atom is 0.267 e. The van der Waals surface area contributed by atoms with Gasteiger partial charge in [-0.15, -0.1) is 0 Å². The van der Waals surface area contributed by atoms with Crippen LogP contribution in [0.4, 0.5) is 0 Å². The van der Waals surface area contributed by atoms with Gasteiger partial charge in [0, 0.05) is 19.2 Å².